The summed E-state index contributed by atoms with van der Waals surface area (Å²) >= 11 is 3.41. The molecule has 1 heterocycles. The SMILES string of the molecule is COc1ccc(-c2oc3ccccc3c(=O)c2OCC#N)cc1Br. The zero-order valence-electron chi connectivity index (χ0n) is 12.7. The highest BCUT2D eigenvalue weighted by Gasteiger charge is 2.18. The monoisotopic (exact) mass is 385 g/mol. The van der Waals surface area contributed by atoms with Crippen molar-refractivity contribution in [3.63, 3.8) is 0 Å². The molecule has 0 spiro atoms. The van der Waals surface area contributed by atoms with Gasteiger partial charge in [-0.2, -0.15) is 5.26 Å². The van der Waals surface area contributed by atoms with Crippen LogP contribution in [0.1, 0.15) is 0 Å². The molecule has 2 aromatic carbocycles. The third-order valence-electron chi connectivity index (χ3n) is 3.45. The Balaban J connectivity index is 2.27. The zero-order valence-corrected chi connectivity index (χ0v) is 14.3. The molecule has 0 unspecified atom stereocenters. The van der Waals surface area contributed by atoms with Gasteiger partial charge in [0.1, 0.15) is 17.4 Å². The maximum atomic E-state index is 12.7. The summed E-state index contributed by atoms with van der Waals surface area (Å²) < 4.78 is 17.2. The average molecular weight is 386 g/mol. The third kappa shape index (κ3) is 2.86. The fourth-order valence-electron chi connectivity index (χ4n) is 2.36. The van der Waals surface area contributed by atoms with Crippen molar-refractivity contribution >= 4 is 26.9 Å². The third-order valence-corrected chi connectivity index (χ3v) is 4.07. The fraction of sp³-hybridized carbons (Fsp3) is 0.111. The van der Waals surface area contributed by atoms with Crippen LogP contribution in [0.2, 0.25) is 0 Å². The van der Waals surface area contributed by atoms with E-state index in [9.17, 15) is 4.79 Å². The minimum absolute atomic E-state index is 0.0207. The van der Waals surface area contributed by atoms with Crippen molar-refractivity contribution in [3.8, 4) is 28.9 Å². The number of hydrogen-bond donors (Lipinski definition) is 0. The van der Waals surface area contributed by atoms with Crippen LogP contribution in [-0.2, 0) is 0 Å². The number of fused-ring (bicyclic) bond motifs is 1. The molecule has 0 atom stereocenters. The second kappa shape index (κ2) is 6.77. The number of ether oxygens (including phenoxy) is 2. The first-order valence-corrected chi connectivity index (χ1v) is 7.84. The summed E-state index contributed by atoms with van der Waals surface area (Å²) in [6.45, 7) is -0.243. The molecule has 0 amide bonds. The number of halogens is 1. The first-order chi connectivity index (χ1) is 11.7. The highest BCUT2D eigenvalue weighted by molar-refractivity contribution is 9.10. The van der Waals surface area contributed by atoms with Gasteiger partial charge in [-0.05, 0) is 46.3 Å². The van der Waals surface area contributed by atoms with E-state index < -0.39 is 0 Å². The Morgan fingerprint density at radius 2 is 2.04 bits per heavy atom. The Bertz CT molecular complexity index is 1000. The lowest BCUT2D eigenvalue weighted by Gasteiger charge is -2.11. The first kappa shape index (κ1) is 16.1. The molecular weight excluding hydrogens is 374 g/mol. The Hall–Kier alpha value is -2.78. The summed E-state index contributed by atoms with van der Waals surface area (Å²) in [4.78, 5) is 12.7. The van der Waals surface area contributed by atoms with Gasteiger partial charge in [0.15, 0.2) is 12.4 Å². The van der Waals surface area contributed by atoms with Crippen molar-refractivity contribution in [2.24, 2.45) is 0 Å². The molecule has 1 aromatic heterocycles. The van der Waals surface area contributed by atoms with Gasteiger partial charge in [0.2, 0.25) is 11.2 Å². The molecule has 0 aliphatic carbocycles. The van der Waals surface area contributed by atoms with E-state index in [0.29, 0.717) is 26.8 Å². The molecule has 0 aliphatic heterocycles. The zero-order chi connectivity index (χ0) is 17.1. The topological polar surface area (TPSA) is 72.5 Å². The van der Waals surface area contributed by atoms with E-state index in [-0.39, 0.29) is 23.5 Å². The Morgan fingerprint density at radius 3 is 2.75 bits per heavy atom. The Labute approximate surface area is 146 Å². The Kier molecular flexibility index (Phi) is 4.54. The highest BCUT2D eigenvalue weighted by atomic mass is 79.9. The molecule has 0 radical (unpaired) electrons. The molecule has 120 valence electrons. The quantitative estimate of drug-likeness (QED) is 0.674. The summed E-state index contributed by atoms with van der Waals surface area (Å²) in [6, 6.07) is 14.1. The van der Waals surface area contributed by atoms with Crippen molar-refractivity contribution in [1.29, 1.82) is 5.26 Å². The number of nitriles is 1. The van der Waals surface area contributed by atoms with Crippen LogP contribution >= 0.6 is 15.9 Å². The molecule has 3 aromatic rings. The van der Waals surface area contributed by atoms with Crippen molar-refractivity contribution in [3.05, 3.63) is 57.2 Å². The van der Waals surface area contributed by atoms with E-state index in [1.54, 1.807) is 49.6 Å². The van der Waals surface area contributed by atoms with E-state index in [1.807, 2.05) is 6.07 Å². The minimum Gasteiger partial charge on any atom is -0.496 e. The molecule has 0 bridgehead atoms. The lowest BCUT2D eigenvalue weighted by molar-refractivity contribution is 0.356. The van der Waals surface area contributed by atoms with Gasteiger partial charge in [-0.3, -0.25) is 4.79 Å². The van der Waals surface area contributed by atoms with E-state index in [0.717, 1.165) is 0 Å². The van der Waals surface area contributed by atoms with Gasteiger partial charge < -0.3 is 13.9 Å². The van der Waals surface area contributed by atoms with Crippen LogP contribution in [-0.4, -0.2) is 13.7 Å². The number of benzene rings is 2. The predicted octanol–water partition coefficient (Wildman–Crippen LogP) is 4.13. The maximum absolute atomic E-state index is 12.7. The van der Waals surface area contributed by atoms with Crippen molar-refractivity contribution in [1.82, 2.24) is 0 Å². The van der Waals surface area contributed by atoms with Crippen LogP contribution in [0.5, 0.6) is 11.5 Å². The van der Waals surface area contributed by atoms with Crippen LogP contribution in [0.25, 0.3) is 22.3 Å². The molecule has 0 saturated heterocycles. The Morgan fingerprint density at radius 1 is 1.25 bits per heavy atom. The van der Waals surface area contributed by atoms with Gasteiger partial charge in [0.25, 0.3) is 0 Å². The summed E-state index contributed by atoms with van der Waals surface area (Å²) in [5, 5.41) is 9.18. The van der Waals surface area contributed by atoms with Crippen molar-refractivity contribution in [2.75, 3.05) is 13.7 Å². The number of hydrogen-bond acceptors (Lipinski definition) is 5. The van der Waals surface area contributed by atoms with Crippen LogP contribution in [0.4, 0.5) is 0 Å². The summed E-state index contributed by atoms with van der Waals surface area (Å²) in [6.07, 6.45) is 0. The number of methoxy groups -OCH3 is 1. The molecule has 0 fully saturated rings. The van der Waals surface area contributed by atoms with Gasteiger partial charge in [-0.25, -0.2) is 0 Å². The van der Waals surface area contributed by atoms with Gasteiger partial charge in [0, 0.05) is 5.56 Å². The highest BCUT2D eigenvalue weighted by Crippen LogP contribution is 2.35. The number of rotatable bonds is 4. The van der Waals surface area contributed by atoms with Crippen LogP contribution in [0.15, 0.2) is 56.1 Å². The normalized spacial score (nSPS) is 10.4. The standard InChI is InChI=1S/C18H12BrNO4/c1-22-15-7-6-11(10-13(15)19)17-18(23-9-8-20)16(21)12-4-2-3-5-14(12)24-17/h2-7,10H,9H2,1H3. The number of nitrogens with zero attached hydrogens (tertiary/aromatic N) is 1. The van der Waals surface area contributed by atoms with Gasteiger partial charge in [0.05, 0.1) is 17.0 Å². The van der Waals surface area contributed by atoms with E-state index in [1.165, 1.54) is 0 Å². The van der Waals surface area contributed by atoms with Crippen LogP contribution < -0.4 is 14.9 Å². The van der Waals surface area contributed by atoms with Crippen molar-refractivity contribution < 1.29 is 13.9 Å². The van der Waals surface area contributed by atoms with Gasteiger partial charge in [-0.1, -0.05) is 12.1 Å². The van der Waals surface area contributed by atoms with Crippen LogP contribution in [0, 0.1) is 11.3 Å². The molecule has 0 N–H and O–H groups in total. The van der Waals surface area contributed by atoms with Gasteiger partial charge in [-0.15, -0.1) is 0 Å². The second-order valence-corrected chi connectivity index (χ2v) is 5.74. The average Bonchev–Trinajstić information content (AvgIpc) is 2.61. The molecule has 0 saturated carbocycles. The minimum atomic E-state index is -0.311. The summed E-state index contributed by atoms with van der Waals surface area (Å²) in [7, 11) is 1.57. The lowest BCUT2D eigenvalue weighted by atomic mass is 10.1. The summed E-state index contributed by atoms with van der Waals surface area (Å²) in [5.74, 6) is 0.950. The molecule has 6 heteroatoms. The smallest absolute Gasteiger partial charge is 0.235 e. The van der Waals surface area contributed by atoms with Crippen LogP contribution in [0.3, 0.4) is 0 Å². The van der Waals surface area contributed by atoms with Gasteiger partial charge >= 0.3 is 0 Å². The summed E-state index contributed by atoms with van der Waals surface area (Å²) in [5.41, 5.74) is 0.779. The maximum Gasteiger partial charge on any atom is 0.235 e. The molecule has 3 rings (SSSR count). The second-order valence-electron chi connectivity index (χ2n) is 4.88. The van der Waals surface area contributed by atoms with Crippen molar-refractivity contribution in [2.45, 2.75) is 0 Å². The lowest BCUT2D eigenvalue weighted by Crippen LogP contribution is -2.10. The van der Waals surface area contributed by atoms with E-state index in [4.69, 9.17) is 19.2 Å². The molecule has 5 nitrogen and oxygen atoms in total. The molecule has 24 heavy (non-hydrogen) atoms. The number of para-hydroxylation sites is 1. The molecule has 0 aliphatic rings. The van der Waals surface area contributed by atoms with E-state index in [2.05, 4.69) is 15.9 Å². The largest absolute Gasteiger partial charge is 0.496 e. The predicted molar refractivity (Wildman–Crippen MR) is 93.3 cm³/mol. The van der Waals surface area contributed by atoms with E-state index >= 15 is 0 Å². The molecular formula is C18H12BrNO4. The fourth-order valence-corrected chi connectivity index (χ4v) is 2.90. The first-order valence-electron chi connectivity index (χ1n) is 7.05.